The van der Waals surface area contributed by atoms with Crippen LogP contribution in [0.2, 0.25) is 0 Å². The molecule has 0 saturated carbocycles. The van der Waals surface area contributed by atoms with Crippen LogP contribution >= 0.6 is 0 Å². The van der Waals surface area contributed by atoms with Gasteiger partial charge in [0.1, 0.15) is 12.4 Å². The lowest BCUT2D eigenvalue weighted by Gasteiger charge is -2.32. The van der Waals surface area contributed by atoms with Gasteiger partial charge in [0, 0.05) is 17.3 Å². The van der Waals surface area contributed by atoms with Crippen molar-refractivity contribution in [2.75, 3.05) is 44.2 Å². The summed E-state index contributed by atoms with van der Waals surface area (Å²) in [6.45, 7) is 8.91. The van der Waals surface area contributed by atoms with Crippen molar-refractivity contribution in [1.82, 2.24) is 19.7 Å². The van der Waals surface area contributed by atoms with E-state index in [1.165, 1.54) is 4.90 Å². The summed E-state index contributed by atoms with van der Waals surface area (Å²) in [7, 11) is 0. The Morgan fingerprint density at radius 1 is 1.00 bits per heavy atom. The molecule has 0 atom stereocenters. The van der Waals surface area contributed by atoms with Crippen molar-refractivity contribution < 1.29 is 10.0 Å². The Labute approximate surface area is 165 Å². The van der Waals surface area contributed by atoms with Gasteiger partial charge in [0.05, 0.1) is 38.5 Å². The number of aliphatic hydroxyl groups is 1. The highest BCUT2D eigenvalue weighted by Crippen LogP contribution is 2.23. The molecule has 4 rings (SSSR count). The molecule has 2 aromatic heterocycles. The highest BCUT2D eigenvalue weighted by atomic mass is 16.3. The van der Waals surface area contributed by atoms with E-state index in [9.17, 15) is 5.11 Å². The highest BCUT2D eigenvalue weighted by Gasteiger charge is 2.22. The number of aryl methyl sites for hydroxylation is 2. The molecule has 1 fully saturated rings. The fourth-order valence-corrected chi connectivity index (χ4v) is 3.73. The first kappa shape index (κ1) is 18.6. The van der Waals surface area contributed by atoms with E-state index in [0.717, 1.165) is 61.3 Å². The number of quaternary nitrogens is 1. The summed E-state index contributed by atoms with van der Waals surface area (Å²) in [5.74, 6) is 2.44. The van der Waals surface area contributed by atoms with Crippen molar-refractivity contribution >= 4 is 5.82 Å². The number of hydrogen-bond donors (Lipinski definition) is 2. The van der Waals surface area contributed by atoms with E-state index in [2.05, 4.69) is 16.1 Å². The third kappa shape index (κ3) is 3.90. The molecule has 0 spiro atoms. The van der Waals surface area contributed by atoms with Crippen molar-refractivity contribution in [3.8, 4) is 17.2 Å². The van der Waals surface area contributed by atoms with Gasteiger partial charge < -0.3 is 14.9 Å². The molecule has 0 aliphatic carbocycles. The number of piperazine rings is 1. The molecule has 3 aromatic rings. The number of nitrogens with one attached hydrogen (secondary N) is 1. The summed E-state index contributed by atoms with van der Waals surface area (Å²) < 4.78 is 1.89. The second-order valence-electron chi connectivity index (χ2n) is 7.32. The molecule has 28 heavy (non-hydrogen) atoms. The Morgan fingerprint density at radius 3 is 2.36 bits per heavy atom. The molecule has 0 amide bonds. The normalized spacial score (nSPS) is 15.2. The Morgan fingerprint density at radius 2 is 1.71 bits per heavy atom. The zero-order valence-corrected chi connectivity index (χ0v) is 16.5. The summed E-state index contributed by atoms with van der Waals surface area (Å²) in [5, 5.41) is 13.8. The number of aromatic nitrogens is 4. The van der Waals surface area contributed by atoms with Crippen LogP contribution in [0.1, 0.15) is 11.4 Å². The fourth-order valence-electron chi connectivity index (χ4n) is 3.73. The molecular weight excluding hydrogens is 352 g/mol. The summed E-state index contributed by atoms with van der Waals surface area (Å²) in [4.78, 5) is 13.4. The van der Waals surface area contributed by atoms with Gasteiger partial charge in [0.25, 0.3) is 0 Å². The second-order valence-corrected chi connectivity index (χ2v) is 7.32. The van der Waals surface area contributed by atoms with Gasteiger partial charge in [-0.2, -0.15) is 5.10 Å². The molecule has 1 aliphatic heterocycles. The van der Waals surface area contributed by atoms with E-state index in [1.54, 1.807) is 0 Å². The molecule has 7 heteroatoms. The summed E-state index contributed by atoms with van der Waals surface area (Å²) in [6.07, 6.45) is 0. The average molecular weight is 379 g/mol. The van der Waals surface area contributed by atoms with Crippen LogP contribution in [0.4, 0.5) is 5.82 Å². The molecule has 7 nitrogen and oxygen atoms in total. The monoisotopic (exact) mass is 379 g/mol. The van der Waals surface area contributed by atoms with Crippen molar-refractivity contribution in [3.05, 3.63) is 53.9 Å². The minimum Gasteiger partial charge on any atom is -0.391 e. The molecule has 0 radical (unpaired) electrons. The van der Waals surface area contributed by atoms with Crippen LogP contribution in [0.15, 0.2) is 42.5 Å². The largest absolute Gasteiger partial charge is 0.391 e. The third-order valence-electron chi connectivity index (χ3n) is 5.22. The Kier molecular flexibility index (Phi) is 5.36. The zero-order chi connectivity index (χ0) is 19.5. The summed E-state index contributed by atoms with van der Waals surface area (Å²) in [5.41, 5.74) is 3.02. The smallest absolute Gasteiger partial charge is 0.163 e. The van der Waals surface area contributed by atoms with Crippen LogP contribution in [-0.2, 0) is 0 Å². The molecular formula is C21H27N6O+. The maximum Gasteiger partial charge on any atom is 0.163 e. The van der Waals surface area contributed by atoms with Gasteiger partial charge in [0.2, 0.25) is 0 Å². The standard InChI is InChI=1S/C21H26N6O/c1-16-14-17(2)27(24-16)20-15-19(26-10-8-25(9-11-26)12-13-28)22-21(23-20)18-6-4-3-5-7-18/h3-7,14-15,28H,8-13H2,1-2H3/p+1. The van der Waals surface area contributed by atoms with Gasteiger partial charge in [-0.15, -0.1) is 0 Å². The van der Waals surface area contributed by atoms with Gasteiger partial charge in [-0.3, -0.25) is 0 Å². The average Bonchev–Trinajstić information content (AvgIpc) is 3.07. The van der Waals surface area contributed by atoms with Crippen LogP contribution in [0.3, 0.4) is 0 Å². The first-order chi connectivity index (χ1) is 13.6. The number of anilines is 1. The quantitative estimate of drug-likeness (QED) is 0.681. The van der Waals surface area contributed by atoms with Crippen LogP contribution in [0, 0.1) is 13.8 Å². The Bertz CT molecular complexity index is 931. The SMILES string of the molecule is Cc1cc(C)n(-c2cc(N3CC[NH+](CCO)CC3)nc(-c3ccccc3)n2)n1. The van der Waals surface area contributed by atoms with Crippen molar-refractivity contribution in [2.45, 2.75) is 13.8 Å². The first-order valence-electron chi connectivity index (χ1n) is 9.81. The highest BCUT2D eigenvalue weighted by molar-refractivity contribution is 5.59. The lowest BCUT2D eigenvalue weighted by molar-refractivity contribution is -0.900. The van der Waals surface area contributed by atoms with Gasteiger partial charge in [-0.1, -0.05) is 30.3 Å². The van der Waals surface area contributed by atoms with Crippen LogP contribution in [-0.4, -0.2) is 64.2 Å². The number of benzene rings is 1. The molecule has 2 N–H and O–H groups in total. The molecule has 0 unspecified atom stereocenters. The Balaban J connectivity index is 1.72. The van der Waals surface area contributed by atoms with Crippen molar-refractivity contribution in [3.63, 3.8) is 0 Å². The van der Waals surface area contributed by atoms with Crippen molar-refractivity contribution in [2.24, 2.45) is 0 Å². The van der Waals surface area contributed by atoms with Crippen LogP contribution in [0.5, 0.6) is 0 Å². The van der Waals surface area contributed by atoms with E-state index in [0.29, 0.717) is 5.82 Å². The van der Waals surface area contributed by atoms with E-state index in [4.69, 9.17) is 9.97 Å². The van der Waals surface area contributed by atoms with Gasteiger partial charge in [-0.05, 0) is 19.9 Å². The number of nitrogens with zero attached hydrogens (tertiary/aromatic N) is 5. The number of rotatable bonds is 5. The zero-order valence-electron chi connectivity index (χ0n) is 16.5. The minimum absolute atomic E-state index is 0.239. The van der Waals surface area contributed by atoms with Crippen LogP contribution < -0.4 is 9.80 Å². The molecule has 146 valence electrons. The maximum atomic E-state index is 9.19. The molecule has 1 saturated heterocycles. The summed E-state index contributed by atoms with van der Waals surface area (Å²) >= 11 is 0. The van der Waals surface area contributed by atoms with Gasteiger partial charge in [-0.25, -0.2) is 14.6 Å². The maximum absolute atomic E-state index is 9.19. The van der Waals surface area contributed by atoms with Gasteiger partial charge >= 0.3 is 0 Å². The van der Waals surface area contributed by atoms with E-state index < -0.39 is 0 Å². The second kappa shape index (κ2) is 8.08. The molecule has 1 aromatic carbocycles. The molecule has 0 bridgehead atoms. The summed E-state index contributed by atoms with van der Waals surface area (Å²) in [6, 6.07) is 14.2. The minimum atomic E-state index is 0.239. The van der Waals surface area contributed by atoms with Gasteiger partial charge in [0.15, 0.2) is 11.6 Å². The predicted molar refractivity (Wildman–Crippen MR) is 109 cm³/mol. The Hall–Kier alpha value is -2.77. The van der Waals surface area contributed by atoms with Crippen LogP contribution in [0.25, 0.3) is 17.2 Å². The molecule has 3 heterocycles. The van der Waals surface area contributed by atoms with Crippen molar-refractivity contribution in [1.29, 1.82) is 0 Å². The molecule has 1 aliphatic rings. The fraction of sp³-hybridized carbons (Fsp3) is 0.381. The lowest BCUT2D eigenvalue weighted by atomic mass is 10.2. The number of aliphatic hydroxyl groups excluding tert-OH is 1. The third-order valence-corrected chi connectivity index (χ3v) is 5.22. The van der Waals surface area contributed by atoms with E-state index in [-0.39, 0.29) is 6.61 Å². The topological polar surface area (TPSA) is 71.5 Å². The predicted octanol–water partition coefficient (Wildman–Crippen LogP) is 0.643. The first-order valence-corrected chi connectivity index (χ1v) is 9.81. The number of hydrogen-bond acceptors (Lipinski definition) is 5. The van der Waals surface area contributed by atoms with E-state index in [1.807, 2.05) is 54.9 Å². The van der Waals surface area contributed by atoms with E-state index >= 15 is 0 Å². The lowest BCUT2D eigenvalue weighted by Crippen LogP contribution is -3.15.